The highest BCUT2D eigenvalue weighted by Crippen LogP contribution is 2.23. The van der Waals surface area contributed by atoms with Gasteiger partial charge in [0, 0.05) is 30.8 Å². The predicted octanol–water partition coefficient (Wildman–Crippen LogP) is 0.250. The van der Waals surface area contributed by atoms with E-state index in [1.165, 1.54) is 6.07 Å². The van der Waals surface area contributed by atoms with Crippen molar-refractivity contribution in [2.45, 2.75) is 25.7 Å². The molecule has 17 heavy (non-hydrogen) atoms. The molecule has 0 amide bonds. The van der Waals surface area contributed by atoms with Gasteiger partial charge in [0.05, 0.1) is 6.61 Å². The van der Waals surface area contributed by atoms with Crippen LogP contribution >= 0.6 is 0 Å². The molecule has 0 saturated carbocycles. The van der Waals surface area contributed by atoms with E-state index in [1.807, 2.05) is 6.92 Å². The summed E-state index contributed by atoms with van der Waals surface area (Å²) < 4.78 is 0. The van der Waals surface area contributed by atoms with Gasteiger partial charge in [0.25, 0.3) is 5.56 Å². The Kier molecular flexibility index (Phi) is 3.91. The molecule has 1 saturated heterocycles. The van der Waals surface area contributed by atoms with Crippen LogP contribution in [0, 0.1) is 6.92 Å². The average molecular weight is 237 g/mol. The number of likely N-dealkylation sites (tertiary alicyclic amines) is 1. The minimum Gasteiger partial charge on any atom is -0.395 e. The van der Waals surface area contributed by atoms with Crippen molar-refractivity contribution in [1.29, 1.82) is 0 Å². The van der Waals surface area contributed by atoms with Crippen LogP contribution in [-0.4, -0.2) is 46.2 Å². The van der Waals surface area contributed by atoms with Crippen molar-refractivity contribution in [3.63, 3.8) is 0 Å². The highest BCUT2D eigenvalue weighted by Gasteiger charge is 2.22. The third-order valence-electron chi connectivity index (χ3n) is 3.20. The molecule has 1 aliphatic rings. The number of H-pyrrole nitrogens is 1. The minimum absolute atomic E-state index is 0.0771. The lowest BCUT2D eigenvalue weighted by molar-refractivity contribution is 0.159. The number of rotatable bonds is 3. The smallest absolute Gasteiger partial charge is 0.251 e. The molecule has 0 radical (unpaired) electrons. The number of piperidine rings is 1. The highest BCUT2D eigenvalue weighted by molar-refractivity contribution is 5.05. The quantitative estimate of drug-likeness (QED) is 0.790. The number of nitrogens with one attached hydrogen (secondary N) is 1. The van der Waals surface area contributed by atoms with Crippen LogP contribution in [-0.2, 0) is 0 Å². The van der Waals surface area contributed by atoms with Crippen molar-refractivity contribution < 1.29 is 5.11 Å². The molecule has 5 nitrogen and oxygen atoms in total. The summed E-state index contributed by atoms with van der Waals surface area (Å²) in [6, 6.07) is 1.51. The second-order valence-corrected chi connectivity index (χ2v) is 4.64. The van der Waals surface area contributed by atoms with Crippen molar-refractivity contribution in [1.82, 2.24) is 14.9 Å². The SMILES string of the molecule is Cc1cc(=O)[nH]c([C@H]2CCCN(CCO)C2)n1. The molecule has 1 aliphatic heterocycles. The number of aromatic nitrogens is 2. The van der Waals surface area contributed by atoms with E-state index >= 15 is 0 Å². The Hall–Kier alpha value is -1.20. The van der Waals surface area contributed by atoms with Gasteiger partial charge in [0.1, 0.15) is 5.82 Å². The van der Waals surface area contributed by atoms with Gasteiger partial charge >= 0.3 is 0 Å². The van der Waals surface area contributed by atoms with Gasteiger partial charge in [0.2, 0.25) is 0 Å². The zero-order valence-corrected chi connectivity index (χ0v) is 10.1. The molecule has 1 atom stereocenters. The van der Waals surface area contributed by atoms with E-state index in [0.717, 1.165) is 37.4 Å². The Morgan fingerprint density at radius 2 is 2.47 bits per heavy atom. The molecule has 0 aliphatic carbocycles. The summed E-state index contributed by atoms with van der Waals surface area (Å²) in [5, 5.41) is 8.95. The molecule has 1 aromatic rings. The first-order valence-electron chi connectivity index (χ1n) is 6.10. The van der Waals surface area contributed by atoms with Crippen LogP contribution in [0.1, 0.15) is 30.3 Å². The number of aliphatic hydroxyl groups is 1. The number of aromatic amines is 1. The summed E-state index contributed by atoms with van der Waals surface area (Å²) in [7, 11) is 0. The fraction of sp³-hybridized carbons (Fsp3) is 0.667. The number of aliphatic hydroxyl groups excluding tert-OH is 1. The maximum Gasteiger partial charge on any atom is 0.251 e. The molecule has 94 valence electrons. The van der Waals surface area contributed by atoms with Gasteiger partial charge in [0.15, 0.2) is 0 Å². The Balaban J connectivity index is 2.13. The maximum atomic E-state index is 11.4. The lowest BCUT2D eigenvalue weighted by Gasteiger charge is -2.31. The largest absolute Gasteiger partial charge is 0.395 e. The molecule has 5 heteroatoms. The van der Waals surface area contributed by atoms with E-state index in [-0.39, 0.29) is 18.1 Å². The third kappa shape index (κ3) is 3.14. The van der Waals surface area contributed by atoms with E-state index in [2.05, 4.69) is 14.9 Å². The standard InChI is InChI=1S/C12H19N3O2/c1-9-7-11(17)14-12(13-9)10-3-2-4-15(8-10)5-6-16/h7,10,16H,2-6,8H2,1H3,(H,13,14,17)/t10-/m0/s1. The Labute approximate surface area is 100 Å². The highest BCUT2D eigenvalue weighted by atomic mass is 16.3. The number of nitrogens with zero attached hydrogens (tertiary/aromatic N) is 2. The van der Waals surface area contributed by atoms with Crippen molar-refractivity contribution in [3.8, 4) is 0 Å². The van der Waals surface area contributed by atoms with Crippen LogP contribution in [0.15, 0.2) is 10.9 Å². The van der Waals surface area contributed by atoms with Crippen molar-refractivity contribution in [3.05, 3.63) is 27.9 Å². The molecule has 0 unspecified atom stereocenters. The molecule has 2 heterocycles. The fourth-order valence-electron chi connectivity index (χ4n) is 2.42. The summed E-state index contributed by atoms with van der Waals surface area (Å²) in [5.74, 6) is 1.07. The van der Waals surface area contributed by atoms with E-state index in [1.54, 1.807) is 0 Å². The second kappa shape index (κ2) is 5.42. The molecule has 1 aromatic heterocycles. The zero-order valence-electron chi connectivity index (χ0n) is 10.1. The van der Waals surface area contributed by atoms with Crippen LogP contribution in [0.4, 0.5) is 0 Å². The van der Waals surface area contributed by atoms with Crippen LogP contribution in [0.5, 0.6) is 0 Å². The Morgan fingerprint density at radius 1 is 1.65 bits per heavy atom. The predicted molar refractivity (Wildman–Crippen MR) is 65.1 cm³/mol. The van der Waals surface area contributed by atoms with Crippen molar-refractivity contribution >= 4 is 0 Å². The topological polar surface area (TPSA) is 69.2 Å². The van der Waals surface area contributed by atoms with Crippen molar-refractivity contribution in [2.24, 2.45) is 0 Å². The van der Waals surface area contributed by atoms with Crippen LogP contribution in [0.3, 0.4) is 0 Å². The summed E-state index contributed by atoms with van der Waals surface area (Å²) in [6.45, 7) is 4.62. The molecule has 0 spiro atoms. The fourth-order valence-corrected chi connectivity index (χ4v) is 2.42. The second-order valence-electron chi connectivity index (χ2n) is 4.64. The summed E-state index contributed by atoms with van der Waals surface area (Å²) in [6.07, 6.45) is 2.14. The molecule has 2 N–H and O–H groups in total. The molecule has 0 aromatic carbocycles. The zero-order chi connectivity index (χ0) is 12.3. The molecule has 2 rings (SSSR count). The van der Waals surface area contributed by atoms with E-state index in [0.29, 0.717) is 6.54 Å². The summed E-state index contributed by atoms with van der Waals surface area (Å²) in [5.41, 5.74) is 0.690. The first-order valence-corrected chi connectivity index (χ1v) is 6.10. The average Bonchev–Trinajstić information content (AvgIpc) is 2.28. The maximum absolute atomic E-state index is 11.4. The summed E-state index contributed by atoms with van der Waals surface area (Å²) in [4.78, 5) is 20.9. The number of β-amino-alcohol motifs (C(OH)–C–C–N with tert-alkyl or cyclic N) is 1. The normalized spacial score (nSPS) is 21.6. The molecular formula is C12H19N3O2. The number of hydrogen-bond acceptors (Lipinski definition) is 4. The van der Waals surface area contributed by atoms with E-state index in [9.17, 15) is 4.79 Å². The van der Waals surface area contributed by atoms with Gasteiger partial charge in [-0.05, 0) is 26.3 Å². The lowest BCUT2D eigenvalue weighted by atomic mass is 9.97. The van der Waals surface area contributed by atoms with Crippen LogP contribution < -0.4 is 5.56 Å². The minimum atomic E-state index is -0.0771. The molecule has 0 bridgehead atoms. The third-order valence-corrected chi connectivity index (χ3v) is 3.20. The summed E-state index contributed by atoms with van der Waals surface area (Å²) >= 11 is 0. The first kappa shape index (κ1) is 12.3. The monoisotopic (exact) mass is 237 g/mol. The van der Waals surface area contributed by atoms with Crippen LogP contribution in [0.2, 0.25) is 0 Å². The van der Waals surface area contributed by atoms with E-state index < -0.39 is 0 Å². The number of hydrogen-bond donors (Lipinski definition) is 2. The Bertz CT molecular complexity index is 428. The first-order chi connectivity index (χ1) is 8.19. The van der Waals surface area contributed by atoms with Gasteiger partial charge < -0.3 is 15.0 Å². The van der Waals surface area contributed by atoms with Gasteiger partial charge in [-0.25, -0.2) is 4.98 Å². The van der Waals surface area contributed by atoms with Gasteiger partial charge in [-0.3, -0.25) is 4.79 Å². The number of aryl methyl sites for hydroxylation is 1. The van der Waals surface area contributed by atoms with Gasteiger partial charge in [-0.2, -0.15) is 0 Å². The Morgan fingerprint density at radius 3 is 3.18 bits per heavy atom. The van der Waals surface area contributed by atoms with Gasteiger partial charge in [-0.1, -0.05) is 0 Å². The molecular weight excluding hydrogens is 218 g/mol. The van der Waals surface area contributed by atoms with Gasteiger partial charge in [-0.15, -0.1) is 0 Å². The molecule has 1 fully saturated rings. The van der Waals surface area contributed by atoms with E-state index in [4.69, 9.17) is 5.11 Å². The lowest BCUT2D eigenvalue weighted by Crippen LogP contribution is -2.37. The van der Waals surface area contributed by atoms with Crippen molar-refractivity contribution in [2.75, 3.05) is 26.2 Å². The van der Waals surface area contributed by atoms with Crippen LogP contribution in [0.25, 0.3) is 0 Å².